The summed E-state index contributed by atoms with van der Waals surface area (Å²) in [5.41, 5.74) is 3.41. The Balaban J connectivity index is 2.20. The van der Waals surface area contributed by atoms with E-state index in [9.17, 15) is 0 Å². The zero-order chi connectivity index (χ0) is 13.8. The van der Waals surface area contributed by atoms with E-state index in [0.29, 0.717) is 0 Å². The molecular weight excluding hydrogens is 306 g/mol. The minimum Gasteiger partial charge on any atom is -0.472 e. The summed E-state index contributed by atoms with van der Waals surface area (Å²) in [5.74, 6) is 0. The van der Waals surface area contributed by atoms with Crippen LogP contribution in [0, 0.1) is 6.92 Å². The Morgan fingerprint density at radius 1 is 1.53 bits per heavy atom. The Hall–Kier alpha value is -1.07. The number of rotatable bonds is 6. The molecule has 0 aromatic carbocycles. The monoisotopic (exact) mass is 325 g/mol. The Morgan fingerprint density at radius 3 is 2.84 bits per heavy atom. The highest BCUT2D eigenvalue weighted by Crippen LogP contribution is 2.26. The average molecular weight is 326 g/mol. The van der Waals surface area contributed by atoms with Crippen LogP contribution in [0.15, 0.2) is 27.5 Å². The quantitative estimate of drug-likeness (QED) is 0.885. The van der Waals surface area contributed by atoms with Crippen molar-refractivity contribution in [1.82, 2.24) is 15.1 Å². The molecule has 0 aliphatic heterocycles. The lowest BCUT2D eigenvalue weighted by atomic mass is 10.0. The number of hydrogen-bond donors (Lipinski definition) is 1. The molecule has 104 valence electrons. The maximum atomic E-state index is 5.20. The van der Waals surface area contributed by atoms with E-state index in [1.807, 2.05) is 31.0 Å². The molecular formula is C14H20BrN3O. The van der Waals surface area contributed by atoms with Crippen LogP contribution < -0.4 is 5.32 Å². The van der Waals surface area contributed by atoms with E-state index in [0.717, 1.165) is 29.6 Å². The van der Waals surface area contributed by atoms with Gasteiger partial charge in [-0.2, -0.15) is 5.10 Å². The normalized spacial score (nSPS) is 12.8. The number of nitrogens with one attached hydrogen (secondary N) is 1. The summed E-state index contributed by atoms with van der Waals surface area (Å²) in [4.78, 5) is 0. The topological polar surface area (TPSA) is 43.0 Å². The van der Waals surface area contributed by atoms with Gasteiger partial charge in [0.2, 0.25) is 0 Å². The van der Waals surface area contributed by atoms with Gasteiger partial charge in [-0.15, -0.1) is 0 Å². The lowest BCUT2D eigenvalue weighted by Gasteiger charge is -2.17. The predicted octanol–water partition coefficient (Wildman–Crippen LogP) is 3.37. The smallest absolute Gasteiger partial charge is 0.0950 e. The van der Waals surface area contributed by atoms with Crippen LogP contribution in [-0.4, -0.2) is 16.3 Å². The van der Waals surface area contributed by atoms with Crippen molar-refractivity contribution >= 4 is 15.9 Å². The van der Waals surface area contributed by atoms with Crippen LogP contribution in [0.25, 0.3) is 0 Å². The van der Waals surface area contributed by atoms with Crippen molar-refractivity contribution in [2.24, 2.45) is 7.05 Å². The summed E-state index contributed by atoms with van der Waals surface area (Å²) in [5, 5.41) is 8.01. The van der Waals surface area contributed by atoms with Gasteiger partial charge in [0.15, 0.2) is 0 Å². The molecule has 1 unspecified atom stereocenters. The maximum absolute atomic E-state index is 5.20. The van der Waals surface area contributed by atoms with Crippen LogP contribution in [0.2, 0.25) is 0 Å². The molecule has 2 aromatic heterocycles. The second kappa shape index (κ2) is 6.39. The molecule has 2 rings (SSSR count). The highest BCUT2D eigenvalue weighted by molar-refractivity contribution is 9.10. The van der Waals surface area contributed by atoms with Gasteiger partial charge >= 0.3 is 0 Å². The van der Waals surface area contributed by atoms with Crippen LogP contribution >= 0.6 is 15.9 Å². The fourth-order valence-electron chi connectivity index (χ4n) is 2.19. The fourth-order valence-corrected chi connectivity index (χ4v) is 2.69. The van der Waals surface area contributed by atoms with Crippen molar-refractivity contribution in [3.8, 4) is 0 Å². The van der Waals surface area contributed by atoms with E-state index in [4.69, 9.17) is 4.42 Å². The molecule has 1 atom stereocenters. The first-order valence-corrected chi connectivity index (χ1v) is 7.36. The fraction of sp³-hybridized carbons (Fsp3) is 0.500. The van der Waals surface area contributed by atoms with Crippen LogP contribution in [0.1, 0.15) is 36.3 Å². The number of aryl methyl sites for hydroxylation is 2. The van der Waals surface area contributed by atoms with Crippen molar-refractivity contribution < 1.29 is 4.42 Å². The third kappa shape index (κ3) is 3.28. The van der Waals surface area contributed by atoms with Crippen molar-refractivity contribution in [3.63, 3.8) is 0 Å². The van der Waals surface area contributed by atoms with Gasteiger partial charge < -0.3 is 9.73 Å². The van der Waals surface area contributed by atoms with Crippen molar-refractivity contribution in [2.45, 2.75) is 32.7 Å². The summed E-state index contributed by atoms with van der Waals surface area (Å²) >= 11 is 3.63. The van der Waals surface area contributed by atoms with Crippen molar-refractivity contribution in [3.05, 3.63) is 40.0 Å². The summed E-state index contributed by atoms with van der Waals surface area (Å²) in [7, 11) is 1.99. The Morgan fingerprint density at radius 2 is 2.32 bits per heavy atom. The molecule has 1 N–H and O–H groups in total. The van der Waals surface area contributed by atoms with Crippen LogP contribution in [-0.2, 0) is 13.5 Å². The molecule has 0 radical (unpaired) electrons. The molecule has 0 aliphatic carbocycles. The second-order valence-electron chi connectivity index (χ2n) is 4.74. The van der Waals surface area contributed by atoms with Gasteiger partial charge in [0.1, 0.15) is 0 Å². The van der Waals surface area contributed by atoms with Gasteiger partial charge in [-0.3, -0.25) is 4.68 Å². The number of hydrogen-bond acceptors (Lipinski definition) is 3. The number of furan rings is 1. The van der Waals surface area contributed by atoms with E-state index in [1.165, 1.54) is 11.3 Å². The van der Waals surface area contributed by atoms with Gasteiger partial charge in [-0.05, 0) is 41.9 Å². The first-order chi connectivity index (χ1) is 9.13. The molecule has 0 fully saturated rings. The summed E-state index contributed by atoms with van der Waals surface area (Å²) < 4.78 is 8.25. The SMILES string of the molecule is CCCNC(Cc1c(Br)c(C)nn1C)c1ccoc1. The van der Waals surface area contributed by atoms with Crippen molar-refractivity contribution in [2.75, 3.05) is 6.54 Å². The Bertz CT molecular complexity index is 519. The third-order valence-electron chi connectivity index (χ3n) is 3.25. The molecule has 5 heteroatoms. The summed E-state index contributed by atoms with van der Waals surface area (Å²) in [6.07, 6.45) is 5.53. The van der Waals surface area contributed by atoms with E-state index < -0.39 is 0 Å². The van der Waals surface area contributed by atoms with Gasteiger partial charge in [-0.1, -0.05) is 6.92 Å². The molecule has 0 spiro atoms. The molecule has 0 bridgehead atoms. The first kappa shape index (κ1) is 14.3. The summed E-state index contributed by atoms with van der Waals surface area (Å²) in [6, 6.07) is 2.27. The minimum atomic E-state index is 0.254. The van der Waals surface area contributed by atoms with Crippen LogP contribution in [0.3, 0.4) is 0 Å². The standard InChI is InChI=1S/C14H20BrN3O/c1-4-6-16-12(11-5-7-19-9-11)8-13-14(15)10(2)17-18(13)3/h5,7,9,12,16H,4,6,8H2,1-3H3. The Labute approximate surface area is 122 Å². The van der Waals surface area contributed by atoms with E-state index >= 15 is 0 Å². The number of nitrogens with zero attached hydrogens (tertiary/aromatic N) is 2. The Kier molecular flexibility index (Phi) is 4.82. The first-order valence-electron chi connectivity index (χ1n) is 6.57. The van der Waals surface area contributed by atoms with E-state index in [2.05, 4.69) is 33.3 Å². The second-order valence-corrected chi connectivity index (χ2v) is 5.53. The highest BCUT2D eigenvalue weighted by atomic mass is 79.9. The molecule has 0 saturated carbocycles. The maximum Gasteiger partial charge on any atom is 0.0950 e. The molecule has 2 aromatic rings. The molecule has 0 saturated heterocycles. The van der Waals surface area contributed by atoms with Gasteiger partial charge in [0.05, 0.1) is 28.4 Å². The zero-order valence-electron chi connectivity index (χ0n) is 11.6. The highest BCUT2D eigenvalue weighted by Gasteiger charge is 2.18. The van der Waals surface area contributed by atoms with Gasteiger partial charge in [-0.25, -0.2) is 0 Å². The number of halogens is 1. The van der Waals surface area contributed by atoms with Crippen LogP contribution in [0.4, 0.5) is 0 Å². The molecule has 4 nitrogen and oxygen atoms in total. The minimum absolute atomic E-state index is 0.254. The third-order valence-corrected chi connectivity index (χ3v) is 4.28. The molecule has 19 heavy (non-hydrogen) atoms. The van der Waals surface area contributed by atoms with Gasteiger partial charge in [0.25, 0.3) is 0 Å². The summed E-state index contributed by atoms with van der Waals surface area (Å²) in [6.45, 7) is 5.17. The van der Waals surface area contributed by atoms with Crippen molar-refractivity contribution in [1.29, 1.82) is 0 Å². The molecule has 0 amide bonds. The lowest BCUT2D eigenvalue weighted by Crippen LogP contribution is -2.24. The van der Waals surface area contributed by atoms with E-state index in [1.54, 1.807) is 6.26 Å². The molecule has 0 aliphatic rings. The zero-order valence-corrected chi connectivity index (χ0v) is 13.2. The number of aromatic nitrogens is 2. The predicted molar refractivity (Wildman–Crippen MR) is 79.1 cm³/mol. The lowest BCUT2D eigenvalue weighted by molar-refractivity contribution is 0.499. The molecule has 2 heterocycles. The largest absolute Gasteiger partial charge is 0.472 e. The van der Waals surface area contributed by atoms with Crippen LogP contribution in [0.5, 0.6) is 0 Å². The van der Waals surface area contributed by atoms with Gasteiger partial charge in [0, 0.05) is 25.1 Å². The van der Waals surface area contributed by atoms with E-state index in [-0.39, 0.29) is 6.04 Å². The average Bonchev–Trinajstić information content (AvgIpc) is 2.98.